The molecular formula is C10H22N2O. The average molecular weight is 186 g/mol. The molecule has 0 fully saturated rings. The van der Waals surface area contributed by atoms with Gasteiger partial charge in [0.25, 0.3) is 0 Å². The smallest absolute Gasteiger partial charge is 0.0589 e. The van der Waals surface area contributed by atoms with Crippen LogP contribution in [0.4, 0.5) is 0 Å². The molecule has 0 saturated heterocycles. The predicted molar refractivity (Wildman–Crippen MR) is 57.0 cm³/mol. The number of hydrogen-bond acceptors (Lipinski definition) is 3. The van der Waals surface area contributed by atoms with Gasteiger partial charge in [-0.05, 0) is 14.0 Å². The molecule has 0 spiro atoms. The third kappa shape index (κ3) is 7.96. The van der Waals surface area contributed by atoms with Gasteiger partial charge in [0.1, 0.15) is 0 Å². The van der Waals surface area contributed by atoms with E-state index in [-0.39, 0.29) is 0 Å². The maximum Gasteiger partial charge on any atom is 0.0589 e. The normalized spacial score (nSPS) is 13.2. The van der Waals surface area contributed by atoms with E-state index in [1.54, 1.807) is 7.11 Å². The van der Waals surface area contributed by atoms with E-state index in [0.29, 0.717) is 6.04 Å². The summed E-state index contributed by atoms with van der Waals surface area (Å²) in [7, 11) is 3.82. The molecule has 3 heteroatoms. The van der Waals surface area contributed by atoms with Crippen molar-refractivity contribution in [3.05, 3.63) is 12.7 Å². The van der Waals surface area contributed by atoms with Gasteiger partial charge in [0.2, 0.25) is 0 Å². The van der Waals surface area contributed by atoms with Gasteiger partial charge in [0.05, 0.1) is 6.61 Å². The van der Waals surface area contributed by atoms with E-state index in [2.05, 4.69) is 30.8 Å². The summed E-state index contributed by atoms with van der Waals surface area (Å²) >= 11 is 0. The second kappa shape index (κ2) is 8.23. The van der Waals surface area contributed by atoms with Crippen molar-refractivity contribution < 1.29 is 4.74 Å². The molecule has 0 bridgehead atoms. The van der Waals surface area contributed by atoms with Crippen LogP contribution in [-0.4, -0.2) is 51.3 Å². The Kier molecular flexibility index (Phi) is 7.99. The van der Waals surface area contributed by atoms with E-state index in [1.807, 2.05) is 6.08 Å². The molecule has 0 aliphatic carbocycles. The minimum Gasteiger partial charge on any atom is -0.383 e. The van der Waals surface area contributed by atoms with Crippen molar-refractivity contribution in [1.29, 1.82) is 0 Å². The lowest BCUT2D eigenvalue weighted by Crippen LogP contribution is -2.34. The standard InChI is InChI=1S/C10H22N2O/c1-5-10(2)11-6-7-12(3)8-9-13-4/h5,10-11H,1,6-9H2,2-4H3. The molecule has 78 valence electrons. The zero-order valence-electron chi connectivity index (χ0n) is 9.05. The number of methoxy groups -OCH3 is 1. The summed E-state index contributed by atoms with van der Waals surface area (Å²) in [5.41, 5.74) is 0. The Morgan fingerprint density at radius 3 is 2.77 bits per heavy atom. The molecule has 0 aromatic rings. The molecular weight excluding hydrogens is 164 g/mol. The zero-order chi connectivity index (χ0) is 10.1. The maximum absolute atomic E-state index is 4.98. The molecule has 1 unspecified atom stereocenters. The lowest BCUT2D eigenvalue weighted by atomic mass is 10.3. The first-order chi connectivity index (χ1) is 6.20. The highest BCUT2D eigenvalue weighted by atomic mass is 16.5. The predicted octanol–water partition coefficient (Wildman–Crippen LogP) is 0.729. The van der Waals surface area contributed by atoms with E-state index in [4.69, 9.17) is 4.74 Å². The van der Waals surface area contributed by atoms with Crippen LogP contribution in [0.15, 0.2) is 12.7 Å². The summed E-state index contributed by atoms with van der Waals surface area (Å²) < 4.78 is 4.98. The van der Waals surface area contributed by atoms with Crippen molar-refractivity contribution in [1.82, 2.24) is 10.2 Å². The Morgan fingerprint density at radius 1 is 1.54 bits per heavy atom. The minimum absolute atomic E-state index is 0.399. The van der Waals surface area contributed by atoms with Gasteiger partial charge >= 0.3 is 0 Å². The highest BCUT2D eigenvalue weighted by Gasteiger charge is 1.98. The molecule has 0 rings (SSSR count). The fraction of sp³-hybridized carbons (Fsp3) is 0.800. The van der Waals surface area contributed by atoms with Crippen LogP contribution in [0.1, 0.15) is 6.92 Å². The molecule has 0 heterocycles. The van der Waals surface area contributed by atoms with Crippen LogP contribution >= 0.6 is 0 Å². The average Bonchev–Trinajstić information content (AvgIpc) is 2.14. The Balaban J connectivity index is 3.25. The van der Waals surface area contributed by atoms with Crippen molar-refractivity contribution in [2.75, 3.05) is 40.4 Å². The third-order valence-corrected chi connectivity index (χ3v) is 1.99. The number of rotatable bonds is 8. The van der Waals surface area contributed by atoms with Crippen LogP contribution in [0.25, 0.3) is 0 Å². The van der Waals surface area contributed by atoms with E-state index < -0.39 is 0 Å². The second-order valence-electron chi connectivity index (χ2n) is 3.27. The summed E-state index contributed by atoms with van der Waals surface area (Å²) in [5.74, 6) is 0. The number of hydrogen-bond donors (Lipinski definition) is 1. The van der Waals surface area contributed by atoms with Crippen molar-refractivity contribution in [2.24, 2.45) is 0 Å². The summed E-state index contributed by atoms with van der Waals surface area (Å²) in [6, 6.07) is 0.399. The largest absolute Gasteiger partial charge is 0.383 e. The monoisotopic (exact) mass is 186 g/mol. The lowest BCUT2D eigenvalue weighted by molar-refractivity contribution is 0.161. The number of likely N-dealkylation sites (N-methyl/N-ethyl adjacent to an activating group) is 1. The molecule has 0 aliphatic heterocycles. The number of nitrogens with zero attached hydrogens (tertiary/aromatic N) is 1. The van der Waals surface area contributed by atoms with Gasteiger partial charge in [0.15, 0.2) is 0 Å². The summed E-state index contributed by atoms with van der Waals surface area (Å²) in [6.45, 7) is 9.63. The number of nitrogens with one attached hydrogen (secondary N) is 1. The SMILES string of the molecule is C=CC(C)NCCN(C)CCOC. The van der Waals surface area contributed by atoms with Crippen LogP contribution in [0.5, 0.6) is 0 Å². The van der Waals surface area contributed by atoms with Gasteiger partial charge in [-0.15, -0.1) is 6.58 Å². The van der Waals surface area contributed by atoms with Gasteiger partial charge in [0, 0.05) is 32.8 Å². The Bertz CT molecular complexity index is 128. The molecule has 0 amide bonds. The van der Waals surface area contributed by atoms with Gasteiger partial charge < -0.3 is 15.0 Å². The van der Waals surface area contributed by atoms with E-state index in [0.717, 1.165) is 26.2 Å². The van der Waals surface area contributed by atoms with Crippen LogP contribution in [0.2, 0.25) is 0 Å². The summed E-state index contributed by atoms with van der Waals surface area (Å²) in [4.78, 5) is 2.24. The fourth-order valence-corrected chi connectivity index (χ4v) is 0.925. The Hall–Kier alpha value is -0.380. The van der Waals surface area contributed by atoms with E-state index >= 15 is 0 Å². The van der Waals surface area contributed by atoms with Crippen LogP contribution in [0, 0.1) is 0 Å². The summed E-state index contributed by atoms with van der Waals surface area (Å²) in [5, 5.41) is 3.34. The molecule has 3 nitrogen and oxygen atoms in total. The molecule has 1 N–H and O–H groups in total. The molecule has 0 radical (unpaired) electrons. The van der Waals surface area contributed by atoms with Crippen LogP contribution in [-0.2, 0) is 4.74 Å². The first kappa shape index (κ1) is 12.6. The minimum atomic E-state index is 0.399. The molecule has 0 saturated carbocycles. The van der Waals surface area contributed by atoms with Gasteiger partial charge in [-0.3, -0.25) is 0 Å². The van der Waals surface area contributed by atoms with Crippen LogP contribution in [0.3, 0.4) is 0 Å². The van der Waals surface area contributed by atoms with Crippen molar-refractivity contribution in [3.8, 4) is 0 Å². The quantitative estimate of drug-likeness (QED) is 0.566. The first-order valence-corrected chi connectivity index (χ1v) is 4.74. The Labute approximate surface area is 81.8 Å². The maximum atomic E-state index is 4.98. The van der Waals surface area contributed by atoms with Gasteiger partial charge in [-0.25, -0.2) is 0 Å². The molecule has 1 atom stereocenters. The molecule has 0 aliphatic rings. The highest BCUT2D eigenvalue weighted by molar-refractivity contribution is 4.81. The molecule has 0 aromatic heterocycles. The lowest BCUT2D eigenvalue weighted by Gasteiger charge is -2.17. The zero-order valence-corrected chi connectivity index (χ0v) is 9.05. The van der Waals surface area contributed by atoms with Gasteiger partial charge in [-0.1, -0.05) is 6.08 Å². The first-order valence-electron chi connectivity index (χ1n) is 4.74. The van der Waals surface area contributed by atoms with Gasteiger partial charge in [-0.2, -0.15) is 0 Å². The molecule has 13 heavy (non-hydrogen) atoms. The van der Waals surface area contributed by atoms with Crippen molar-refractivity contribution in [3.63, 3.8) is 0 Å². The fourth-order valence-electron chi connectivity index (χ4n) is 0.925. The van der Waals surface area contributed by atoms with E-state index in [9.17, 15) is 0 Å². The van der Waals surface area contributed by atoms with Crippen LogP contribution < -0.4 is 5.32 Å². The molecule has 0 aromatic carbocycles. The highest BCUT2D eigenvalue weighted by Crippen LogP contribution is 1.84. The number of ether oxygens (including phenoxy) is 1. The third-order valence-electron chi connectivity index (χ3n) is 1.99. The van der Waals surface area contributed by atoms with E-state index in [1.165, 1.54) is 0 Å². The second-order valence-corrected chi connectivity index (χ2v) is 3.27. The van der Waals surface area contributed by atoms with Crippen molar-refractivity contribution >= 4 is 0 Å². The Morgan fingerprint density at radius 2 is 2.23 bits per heavy atom. The van der Waals surface area contributed by atoms with Crippen molar-refractivity contribution in [2.45, 2.75) is 13.0 Å². The topological polar surface area (TPSA) is 24.5 Å². The summed E-state index contributed by atoms with van der Waals surface area (Å²) in [6.07, 6.45) is 1.91.